The molecule has 4 atom stereocenters. The number of thioether (sulfide) groups is 3. The highest BCUT2D eigenvalue weighted by atomic mass is 32.2. The number of thiophene rings is 2. The van der Waals surface area contributed by atoms with E-state index in [0.29, 0.717) is 52.9 Å². The van der Waals surface area contributed by atoms with Crippen LogP contribution in [0.25, 0.3) is 9.81 Å². The molecular formula is C41H48O9S5. The Morgan fingerprint density at radius 3 is 1.69 bits per heavy atom. The molecule has 296 valence electrons. The highest BCUT2D eigenvalue weighted by Gasteiger charge is 2.50. The molecular weight excluding hydrogens is 797 g/mol. The van der Waals surface area contributed by atoms with E-state index in [1.807, 2.05) is 23.5 Å². The lowest BCUT2D eigenvalue weighted by Gasteiger charge is -2.32. The molecule has 0 N–H and O–H groups in total. The Morgan fingerprint density at radius 2 is 1.04 bits per heavy atom. The standard InChI is InChI=1S/C41H48O9S5/c1-7-40(3,4)38-21-20(10-9-11-42-21)30(54-38)31-22-23(44-13-12-43-22)32(51-31)33-24-25(46-15-14-45-24)34(52-33)35-26-27(48-17-16-47-26)36(53-35)37-28-29(50-19-18-49-28)39(55-37)41(5,6)8-2/h26-27,38-39H,7-19H2,1-6H3/b31-30+,33-32+,35-34+,37-36+. The van der Waals surface area contributed by atoms with Gasteiger partial charge < -0.3 is 42.6 Å². The minimum absolute atomic E-state index is 0.0231. The minimum Gasteiger partial charge on any atom is -0.496 e. The summed E-state index contributed by atoms with van der Waals surface area (Å²) in [6.07, 6.45) is 3.59. The van der Waals surface area contributed by atoms with Gasteiger partial charge in [0.05, 0.1) is 53.4 Å². The summed E-state index contributed by atoms with van der Waals surface area (Å²) in [7, 11) is 0. The van der Waals surface area contributed by atoms with Crippen LogP contribution in [0.1, 0.15) is 67.2 Å². The number of fused-ring (bicyclic) bond motifs is 3. The zero-order chi connectivity index (χ0) is 37.6. The van der Waals surface area contributed by atoms with Gasteiger partial charge in [-0.05, 0) is 36.5 Å². The van der Waals surface area contributed by atoms with E-state index >= 15 is 0 Å². The van der Waals surface area contributed by atoms with Crippen molar-refractivity contribution in [2.45, 2.75) is 89.9 Å². The van der Waals surface area contributed by atoms with Crippen molar-refractivity contribution in [1.29, 1.82) is 0 Å². The first kappa shape index (κ1) is 37.2. The maximum absolute atomic E-state index is 6.61. The molecule has 0 spiro atoms. The van der Waals surface area contributed by atoms with E-state index in [2.05, 4.69) is 41.5 Å². The van der Waals surface area contributed by atoms with Gasteiger partial charge in [0.25, 0.3) is 0 Å². The molecule has 14 heteroatoms. The van der Waals surface area contributed by atoms with E-state index in [1.54, 1.807) is 34.4 Å². The van der Waals surface area contributed by atoms with Gasteiger partial charge >= 0.3 is 0 Å². The molecule has 2 aromatic rings. The van der Waals surface area contributed by atoms with Gasteiger partial charge in [0.1, 0.15) is 57.6 Å². The lowest BCUT2D eigenvalue weighted by Crippen LogP contribution is -2.37. The van der Waals surface area contributed by atoms with Crippen LogP contribution in [0.3, 0.4) is 0 Å². The molecule has 4 unspecified atom stereocenters. The first-order valence-electron chi connectivity index (χ1n) is 19.6. The normalized spacial score (nSPS) is 31.5. The Balaban J connectivity index is 1.19. The van der Waals surface area contributed by atoms with Crippen molar-refractivity contribution >= 4 is 67.8 Å². The van der Waals surface area contributed by atoms with Gasteiger partial charge in [0.2, 0.25) is 0 Å². The van der Waals surface area contributed by atoms with Crippen molar-refractivity contribution in [2.75, 3.05) is 59.5 Å². The predicted molar refractivity (Wildman–Crippen MR) is 220 cm³/mol. The summed E-state index contributed by atoms with van der Waals surface area (Å²) in [6, 6.07) is 0. The zero-order valence-electron chi connectivity index (χ0n) is 32.2. The molecule has 0 bridgehead atoms. The van der Waals surface area contributed by atoms with E-state index in [4.69, 9.17) is 42.6 Å². The van der Waals surface area contributed by atoms with Gasteiger partial charge in [-0.3, -0.25) is 0 Å². The van der Waals surface area contributed by atoms with Crippen LogP contribution in [0.5, 0.6) is 23.0 Å². The maximum Gasteiger partial charge on any atom is 0.181 e. The fourth-order valence-corrected chi connectivity index (χ4v) is 15.7. The second kappa shape index (κ2) is 14.3. The Labute approximate surface area is 342 Å². The average molecular weight is 845 g/mol. The Morgan fingerprint density at radius 1 is 0.527 bits per heavy atom. The van der Waals surface area contributed by atoms with E-state index in [-0.39, 0.29) is 33.5 Å². The highest BCUT2D eigenvalue weighted by molar-refractivity contribution is 8.13. The molecule has 8 aliphatic rings. The number of ether oxygens (including phenoxy) is 9. The van der Waals surface area contributed by atoms with Crippen LogP contribution in [-0.2, 0) is 23.7 Å². The van der Waals surface area contributed by atoms with Crippen molar-refractivity contribution in [1.82, 2.24) is 0 Å². The molecule has 10 rings (SSSR count). The molecule has 0 saturated carbocycles. The third kappa shape index (κ3) is 6.00. The summed E-state index contributed by atoms with van der Waals surface area (Å²) in [5, 5.41) is 0.420. The predicted octanol–water partition coefficient (Wildman–Crippen LogP) is 8.02. The quantitative estimate of drug-likeness (QED) is 0.299. The summed E-state index contributed by atoms with van der Waals surface area (Å²) >= 11 is 8.99. The SMILES string of the molecule is CCC(C)(C)C1S/C(=C2/S/C(=c3/s/c(=c4/s/c(=C5/SC(C(C)(C)CC)C6=C5CCCO6)c5c4OCCO5)c4c3OCCO4)C3OCCOC23)C2=C1OCCO2. The summed E-state index contributed by atoms with van der Waals surface area (Å²) < 4.78 is 62.7. The van der Waals surface area contributed by atoms with Gasteiger partial charge in [-0.15, -0.1) is 46.2 Å². The average Bonchev–Trinajstić information content (AvgIpc) is 4.04. The molecule has 0 amide bonds. The Bertz CT molecular complexity index is 2250. The van der Waals surface area contributed by atoms with E-state index in [1.165, 1.54) is 10.5 Å². The molecule has 0 radical (unpaired) electrons. The van der Waals surface area contributed by atoms with E-state index in [9.17, 15) is 0 Å². The molecule has 0 aromatic carbocycles. The van der Waals surface area contributed by atoms with Crippen molar-refractivity contribution < 1.29 is 42.6 Å². The molecule has 8 aliphatic heterocycles. The summed E-state index contributed by atoms with van der Waals surface area (Å²) in [5.74, 6) is 6.16. The number of rotatable bonds is 4. The van der Waals surface area contributed by atoms with Crippen molar-refractivity contribution in [3.63, 3.8) is 0 Å². The van der Waals surface area contributed by atoms with Gasteiger partial charge in [-0.2, -0.15) is 0 Å². The summed E-state index contributed by atoms with van der Waals surface area (Å²) in [5.41, 5.74) is 1.44. The first-order chi connectivity index (χ1) is 26.7. The van der Waals surface area contributed by atoms with Crippen molar-refractivity contribution in [3.05, 3.63) is 50.8 Å². The second-order valence-corrected chi connectivity index (χ2v) is 21.5. The van der Waals surface area contributed by atoms with Crippen LogP contribution < -0.4 is 28.0 Å². The zero-order valence-corrected chi connectivity index (χ0v) is 36.3. The minimum atomic E-state index is -0.275. The maximum atomic E-state index is 6.61. The van der Waals surface area contributed by atoms with E-state index < -0.39 is 0 Å². The largest absolute Gasteiger partial charge is 0.496 e. The smallest absolute Gasteiger partial charge is 0.181 e. The van der Waals surface area contributed by atoms with Crippen LogP contribution in [-0.4, -0.2) is 82.2 Å². The number of hydrogen-bond acceptors (Lipinski definition) is 14. The van der Waals surface area contributed by atoms with Crippen molar-refractivity contribution in [2.24, 2.45) is 10.8 Å². The van der Waals surface area contributed by atoms with Crippen LogP contribution >= 0.6 is 58.0 Å². The van der Waals surface area contributed by atoms with E-state index in [0.717, 1.165) is 105 Å². The highest BCUT2D eigenvalue weighted by Crippen LogP contribution is 2.59. The Hall–Kier alpha value is -2.07. The van der Waals surface area contributed by atoms with Crippen LogP contribution in [0, 0.1) is 19.9 Å². The summed E-state index contributed by atoms with van der Waals surface area (Å²) in [4.78, 5) is 4.60. The second-order valence-electron chi connectivity index (χ2n) is 16.2. The monoisotopic (exact) mass is 844 g/mol. The first-order valence-corrected chi connectivity index (χ1v) is 23.9. The van der Waals surface area contributed by atoms with Crippen LogP contribution in [0.2, 0.25) is 0 Å². The fraction of sp³-hybridized carbons (Fsp3) is 0.610. The fourth-order valence-electron chi connectivity index (χ4n) is 8.18. The lowest BCUT2D eigenvalue weighted by atomic mass is 9.83. The molecule has 0 aliphatic carbocycles. The van der Waals surface area contributed by atoms with Crippen LogP contribution in [0.15, 0.2) is 32.7 Å². The Kier molecular flexibility index (Phi) is 9.70. The molecule has 10 heterocycles. The third-order valence-corrected chi connectivity index (χ3v) is 19.7. The summed E-state index contributed by atoms with van der Waals surface area (Å²) in [6.45, 7) is 18.8. The lowest BCUT2D eigenvalue weighted by molar-refractivity contribution is -0.0949. The molecule has 9 nitrogen and oxygen atoms in total. The van der Waals surface area contributed by atoms with Gasteiger partial charge in [-0.1, -0.05) is 53.3 Å². The molecule has 2 aromatic heterocycles. The number of hydrogen-bond donors (Lipinski definition) is 0. The molecule has 2 saturated heterocycles. The third-order valence-electron chi connectivity index (χ3n) is 12.0. The molecule has 55 heavy (non-hydrogen) atoms. The van der Waals surface area contributed by atoms with Crippen LogP contribution in [0.4, 0.5) is 0 Å². The topological polar surface area (TPSA) is 83.1 Å². The molecule has 2 fully saturated rings. The van der Waals surface area contributed by atoms with Gasteiger partial charge in [-0.25, -0.2) is 0 Å². The van der Waals surface area contributed by atoms with Gasteiger partial charge in [0.15, 0.2) is 34.5 Å². The van der Waals surface area contributed by atoms with Crippen molar-refractivity contribution in [3.8, 4) is 23.0 Å². The van der Waals surface area contributed by atoms with Gasteiger partial charge in [0, 0.05) is 20.3 Å².